The van der Waals surface area contributed by atoms with Crippen LogP contribution in [0.4, 0.5) is 4.39 Å². The molecule has 33 heavy (non-hydrogen) atoms. The van der Waals surface area contributed by atoms with Crippen molar-refractivity contribution in [3.05, 3.63) is 89.2 Å². The third kappa shape index (κ3) is 5.42. The molecule has 0 radical (unpaired) electrons. The number of nitrogens with one attached hydrogen (secondary N) is 1. The topological polar surface area (TPSA) is 41.6 Å². The molecule has 0 saturated carbocycles. The van der Waals surface area contributed by atoms with Gasteiger partial charge >= 0.3 is 0 Å². The lowest BCUT2D eigenvalue weighted by molar-refractivity contribution is -0.128. The summed E-state index contributed by atoms with van der Waals surface area (Å²) in [5.41, 5.74) is 4.71. The number of hydrogen-bond donors (Lipinski definition) is 1. The lowest BCUT2D eigenvalue weighted by Crippen LogP contribution is -2.47. The molecule has 1 amide bonds. The predicted octanol–water partition coefficient (Wildman–Crippen LogP) is 5.65. The van der Waals surface area contributed by atoms with E-state index in [-0.39, 0.29) is 11.7 Å². The van der Waals surface area contributed by atoms with Gasteiger partial charge in [0.15, 0.2) is 0 Å². The Hall–Kier alpha value is -3.18. The molecule has 0 fully saturated rings. The Balaban J connectivity index is 1.74. The standard InChI is InChI=1S/C28H31FN2O2/c1-19-9-11-20(12-10-19)23-8-6-5-7-21(23)18-31-15-16-33-25-14-13-22(29)17-24(25)26(31)27(32)30-28(2,3)4/h5-14,17,26H,15-16,18H2,1-4H3,(H,30,32). The number of rotatable bonds is 4. The molecule has 1 unspecified atom stereocenters. The minimum atomic E-state index is -0.663. The highest BCUT2D eigenvalue weighted by Crippen LogP contribution is 2.35. The number of fused-ring (bicyclic) bond motifs is 1. The highest BCUT2D eigenvalue weighted by atomic mass is 19.1. The van der Waals surface area contributed by atoms with E-state index < -0.39 is 11.6 Å². The first-order valence-electron chi connectivity index (χ1n) is 11.3. The molecule has 3 aromatic rings. The molecule has 1 N–H and O–H groups in total. The van der Waals surface area contributed by atoms with Crippen LogP contribution in [0.1, 0.15) is 43.5 Å². The van der Waals surface area contributed by atoms with Crippen molar-refractivity contribution in [2.24, 2.45) is 0 Å². The summed E-state index contributed by atoms with van der Waals surface area (Å²) < 4.78 is 20.2. The number of carbonyl (C=O) groups is 1. The Labute approximate surface area is 195 Å². The van der Waals surface area contributed by atoms with E-state index in [2.05, 4.69) is 53.5 Å². The number of carbonyl (C=O) groups excluding carboxylic acids is 1. The lowest BCUT2D eigenvalue weighted by atomic mass is 9.96. The molecule has 1 heterocycles. The van der Waals surface area contributed by atoms with Crippen molar-refractivity contribution in [3.8, 4) is 16.9 Å². The second-order valence-electron chi connectivity index (χ2n) is 9.67. The molecule has 1 aliphatic heterocycles. The van der Waals surface area contributed by atoms with Gasteiger partial charge in [-0.25, -0.2) is 4.39 Å². The fraction of sp³-hybridized carbons (Fsp3) is 0.321. The van der Waals surface area contributed by atoms with Crippen LogP contribution in [-0.2, 0) is 11.3 Å². The Morgan fingerprint density at radius 3 is 2.55 bits per heavy atom. The molecule has 4 nitrogen and oxygen atoms in total. The van der Waals surface area contributed by atoms with Crippen LogP contribution in [0.25, 0.3) is 11.1 Å². The largest absolute Gasteiger partial charge is 0.492 e. The average Bonchev–Trinajstić information content (AvgIpc) is 2.92. The third-order valence-electron chi connectivity index (χ3n) is 5.77. The molecule has 0 saturated heterocycles. The number of amides is 1. The maximum atomic E-state index is 14.3. The number of hydrogen-bond acceptors (Lipinski definition) is 3. The molecule has 0 aliphatic carbocycles. The predicted molar refractivity (Wildman–Crippen MR) is 130 cm³/mol. The molecule has 0 aromatic heterocycles. The third-order valence-corrected chi connectivity index (χ3v) is 5.77. The Morgan fingerprint density at radius 1 is 1.09 bits per heavy atom. The number of benzene rings is 3. The fourth-order valence-corrected chi connectivity index (χ4v) is 4.27. The van der Waals surface area contributed by atoms with Gasteiger partial charge in [0, 0.05) is 24.2 Å². The van der Waals surface area contributed by atoms with Gasteiger partial charge in [0.05, 0.1) is 0 Å². The van der Waals surface area contributed by atoms with Crippen LogP contribution in [-0.4, -0.2) is 29.5 Å². The van der Waals surface area contributed by atoms with E-state index in [0.29, 0.717) is 31.0 Å². The van der Waals surface area contributed by atoms with Gasteiger partial charge in [-0.1, -0.05) is 54.1 Å². The van der Waals surface area contributed by atoms with E-state index >= 15 is 0 Å². The van der Waals surface area contributed by atoms with Crippen molar-refractivity contribution in [1.29, 1.82) is 0 Å². The van der Waals surface area contributed by atoms with Crippen LogP contribution >= 0.6 is 0 Å². The summed E-state index contributed by atoms with van der Waals surface area (Å²) in [6.45, 7) is 9.41. The van der Waals surface area contributed by atoms with Crippen molar-refractivity contribution in [1.82, 2.24) is 10.2 Å². The van der Waals surface area contributed by atoms with E-state index in [0.717, 1.165) is 16.7 Å². The molecule has 3 aromatic carbocycles. The van der Waals surface area contributed by atoms with Crippen molar-refractivity contribution < 1.29 is 13.9 Å². The van der Waals surface area contributed by atoms with E-state index in [4.69, 9.17) is 4.74 Å². The molecule has 0 spiro atoms. The zero-order valence-corrected chi connectivity index (χ0v) is 19.7. The number of nitrogens with zero attached hydrogens (tertiary/aromatic N) is 1. The van der Waals surface area contributed by atoms with Crippen molar-refractivity contribution in [2.75, 3.05) is 13.2 Å². The molecule has 1 aliphatic rings. The van der Waals surface area contributed by atoms with Gasteiger partial charge in [-0.2, -0.15) is 0 Å². The van der Waals surface area contributed by atoms with Crippen LogP contribution in [0.2, 0.25) is 0 Å². The van der Waals surface area contributed by atoms with E-state index in [1.807, 2.05) is 32.9 Å². The monoisotopic (exact) mass is 446 g/mol. The van der Waals surface area contributed by atoms with Gasteiger partial charge in [-0.05, 0) is 62.6 Å². The summed E-state index contributed by atoms with van der Waals surface area (Å²) in [6.07, 6.45) is 0. The molecule has 172 valence electrons. The normalized spacial score (nSPS) is 16.5. The Kier molecular flexibility index (Phi) is 6.52. The molecule has 4 rings (SSSR count). The van der Waals surface area contributed by atoms with Crippen LogP contribution in [0.5, 0.6) is 5.75 Å². The van der Waals surface area contributed by atoms with Crippen molar-refractivity contribution in [2.45, 2.75) is 45.8 Å². The first-order chi connectivity index (χ1) is 15.7. The number of halogens is 1. The van der Waals surface area contributed by atoms with E-state index in [9.17, 15) is 9.18 Å². The SMILES string of the molecule is Cc1ccc(-c2ccccc2CN2CCOc3ccc(F)cc3C2C(=O)NC(C)(C)C)cc1. The summed E-state index contributed by atoms with van der Waals surface area (Å²) in [5.74, 6) is 0.0141. The van der Waals surface area contributed by atoms with Crippen molar-refractivity contribution in [3.63, 3.8) is 0 Å². The zero-order valence-electron chi connectivity index (χ0n) is 19.7. The van der Waals surface area contributed by atoms with Gasteiger partial charge in [0.2, 0.25) is 5.91 Å². The van der Waals surface area contributed by atoms with Gasteiger partial charge in [0.25, 0.3) is 0 Å². The van der Waals surface area contributed by atoms with Crippen LogP contribution < -0.4 is 10.1 Å². The quantitative estimate of drug-likeness (QED) is 0.563. The first-order valence-corrected chi connectivity index (χ1v) is 11.3. The minimum Gasteiger partial charge on any atom is -0.492 e. The average molecular weight is 447 g/mol. The maximum absolute atomic E-state index is 14.3. The molecular formula is C28H31FN2O2. The van der Waals surface area contributed by atoms with E-state index in [1.54, 1.807) is 6.07 Å². The fourth-order valence-electron chi connectivity index (χ4n) is 4.27. The summed E-state index contributed by atoms with van der Waals surface area (Å²) in [5, 5.41) is 3.09. The van der Waals surface area contributed by atoms with Gasteiger partial charge < -0.3 is 10.1 Å². The minimum absolute atomic E-state index is 0.160. The summed E-state index contributed by atoms with van der Waals surface area (Å²) in [6, 6.07) is 20.4. The van der Waals surface area contributed by atoms with Crippen molar-refractivity contribution >= 4 is 5.91 Å². The second kappa shape index (κ2) is 9.36. The molecule has 1 atom stereocenters. The van der Waals surface area contributed by atoms with Crippen LogP contribution in [0, 0.1) is 12.7 Å². The van der Waals surface area contributed by atoms with E-state index in [1.165, 1.54) is 17.7 Å². The number of ether oxygens (including phenoxy) is 1. The lowest BCUT2D eigenvalue weighted by Gasteiger charge is -2.32. The first kappa shape index (κ1) is 23.0. The molecule has 5 heteroatoms. The highest BCUT2D eigenvalue weighted by molar-refractivity contribution is 5.84. The summed E-state index contributed by atoms with van der Waals surface area (Å²) in [7, 11) is 0. The Bertz CT molecular complexity index is 1140. The van der Waals surface area contributed by atoms with Crippen LogP contribution in [0.3, 0.4) is 0 Å². The van der Waals surface area contributed by atoms with Gasteiger partial charge in [-0.3, -0.25) is 9.69 Å². The van der Waals surface area contributed by atoms with Gasteiger partial charge in [0.1, 0.15) is 24.2 Å². The smallest absolute Gasteiger partial charge is 0.242 e. The van der Waals surface area contributed by atoms with Gasteiger partial charge in [-0.15, -0.1) is 0 Å². The zero-order chi connectivity index (χ0) is 23.6. The summed E-state index contributed by atoms with van der Waals surface area (Å²) >= 11 is 0. The summed E-state index contributed by atoms with van der Waals surface area (Å²) in [4.78, 5) is 15.6. The Morgan fingerprint density at radius 2 is 1.82 bits per heavy atom. The van der Waals surface area contributed by atoms with Crippen LogP contribution in [0.15, 0.2) is 66.7 Å². The number of aryl methyl sites for hydroxylation is 1. The highest BCUT2D eigenvalue weighted by Gasteiger charge is 2.34. The molecule has 0 bridgehead atoms. The maximum Gasteiger partial charge on any atom is 0.242 e. The second-order valence-corrected chi connectivity index (χ2v) is 9.67. The molecular weight excluding hydrogens is 415 g/mol.